The summed E-state index contributed by atoms with van der Waals surface area (Å²) in [6.45, 7) is 3.85. The minimum absolute atomic E-state index is 0.00693. The summed E-state index contributed by atoms with van der Waals surface area (Å²) in [6.07, 6.45) is 2.13. The van der Waals surface area contributed by atoms with Crippen LogP contribution in [-0.4, -0.2) is 46.2 Å². The Morgan fingerprint density at radius 3 is 2.76 bits per heavy atom. The number of aliphatic carboxylic acids is 1. The number of carbonyl (C=O) groups excluding carboxylic acids is 1. The highest BCUT2D eigenvalue weighted by molar-refractivity contribution is 8.05. The van der Waals surface area contributed by atoms with Crippen molar-refractivity contribution in [1.29, 1.82) is 0 Å². The van der Waals surface area contributed by atoms with Crippen molar-refractivity contribution in [2.75, 3.05) is 13.2 Å². The highest BCUT2D eigenvalue weighted by Gasteiger charge is 2.45. The van der Waals surface area contributed by atoms with Crippen LogP contribution in [0.5, 0.6) is 0 Å². The Kier molecular flexibility index (Phi) is 4.74. The van der Waals surface area contributed by atoms with Gasteiger partial charge < -0.3 is 20.4 Å². The first kappa shape index (κ1) is 15.7. The summed E-state index contributed by atoms with van der Waals surface area (Å²) in [5.41, 5.74) is 2.37. The Labute approximate surface area is 127 Å². The van der Waals surface area contributed by atoms with E-state index in [-0.39, 0.29) is 18.6 Å². The SMILES string of the molecule is CC(=O)NC=CSC1=C(C(=O)O)N2CC(=C(C)CO)C2C1. The fourth-order valence-electron chi connectivity index (χ4n) is 2.51. The monoisotopic (exact) mass is 310 g/mol. The molecule has 3 N–H and O–H groups in total. The molecule has 0 radical (unpaired) electrons. The van der Waals surface area contributed by atoms with Gasteiger partial charge in [-0.3, -0.25) is 4.79 Å². The quantitative estimate of drug-likeness (QED) is 0.657. The molecule has 0 bridgehead atoms. The number of aliphatic hydroxyl groups excluding tert-OH is 1. The number of hydrogen-bond donors (Lipinski definition) is 3. The number of nitrogens with zero attached hydrogens (tertiary/aromatic N) is 1. The minimum atomic E-state index is -0.936. The van der Waals surface area contributed by atoms with E-state index in [0.717, 1.165) is 16.1 Å². The second-order valence-electron chi connectivity index (χ2n) is 5.01. The fourth-order valence-corrected chi connectivity index (χ4v) is 3.38. The van der Waals surface area contributed by atoms with E-state index in [1.165, 1.54) is 24.9 Å². The van der Waals surface area contributed by atoms with Gasteiger partial charge in [0.05, 0.1) is 12.6 Å². The first-order valence-electron chi connectivity index (χ1n) is 6.57. The van der Waals surface area contributed by atoms with Crippen LogP contribution in [0.4, 0.5) is 0 Å². The highest BCUT2D eigenvalue weighted by atomic mass is 32.2. The van der Waals surface area contributed by atoms with Crippen LogP contribution in [0.25, 0.3) is 0 Å². The third-order valence-electron chi connectivity index (χ3n) is 3.60. The number of amides is 1. The van der Waals surface area contributed by atoms with Gasteiger partial charge in [-0.05, 0) is 23.5 Å². The number of rotatable bonds is 5. The van der Waals surface area contributed by atoms with E-state index in [4.69, 9.17) is 0 Å². The summed E-state index contributed by atoms with van der Waals surface area (Å²) in [5.74, 6) is -1.10. The summed E-state index contributed by atoms with van der Waals surface area (Å²) in [7, 11) is 0. The van der Waals surface area contributed by atoms with E-state index in [1.807, 2.05) is 11.8 Å². The second-order valence-corrected chi connectivity index (χ2v) is 6.01. The fraction of sp³-hybridized carbons (Fsp3) is 0.429. The molecule has 2 rings (SSSR count). The van der Waals surface area contributed by atoms with E-state index in [9.17, 15) is 19.8 Å². The van der Waals surface area contributed by atoms with E-state index >= 15 is 0 Å². The van der Waals surface area contributed by atoms with E-state index < -0.39 is 5.97 Å². The third-order valence-corrected chi connectivity index (χ3v) is 4.52. The first-order valence-corrected chi connectivity index (χ1v) is 7.45. The normalized spacial score (nSPS) is 23.2. The van der Waals surface area contributed by atoms with Crippen LogP contribution >= 0.6 is 11.8 Å². The number of carboxylic acids is 1. The van der Waals surface area contributed by atoms with E-state index in [2.05, 4.69) is 5.32 Å². The number of fused-ring (bicyclic) bond motifs is 1. The summed E-state index contributed by atoms with van der Waals surface area (Å²) in [4.78, 5) is 24.8. The number of aliphatic hydroxyl groups is 1. The predicted octanol–water partition coefficient (Wildman–Crippen LogP) is 1.02. The molecule has 0 aromatic heterocycles. The maximum absolute atomic E-state index is 11.4. The van der Waals surface area contributed by atoms with Crippen molar-refractivity contribution < 1.29 is 19.8 Å². The molecule has 0 aromatic carbocycles. The maximum atomic E-state index is 11.4. The lowest BCUT2D eigenvalue weighted by Crippen LogP contribution is -2.48. The van der Waals surface area contributed by atoms with Gasteiger partial charge in [-0.15, -0.1) is 0 Å². The molecule has 0 saturated carbocycles. The van der Waals surface area contributed by atoms with E-state index in [1.54, 1.807) is 5.41 Å². The van der Waals surface area contributed by atoms with Crippen LogP contribution in [0.15, 0.2) is 33.4 Å². The number of thioether (sulfide) groups is 1. The molecular weight excluding hydrogens is 292 g/mol. The molecule has 1 unspecified atom stereocenters. The van der Waals surface area contributed by atoms with Gasteiger partial charge in [0.25, 0.3) is 0 Å². The summed E-state index contributed by atoms with van der Waals surface area (Å²) in [5, 5.41) is 22.7. The molecular formula is C14H18N2O4S. The summed E-state index contributed by atoms with van der Waals surface area (Å²) in [6, 6.07) is 0.0555. The largest absolute Gasteiger partial charge is 0.477 e. The Morgan fingerprint density at radius 1 is 1.48 bits per heavy atom. The van der Waals surface area contributed by atoms with Crippen molar-refractivity contribution in [2.24, 2.45) is 0 Å². The molecule has 2 aliphatic rings. The van der Waals surface area contributed by atoms with Gasteiger partial charge in [-0.2, -0.15) is 0 Å². The molecule has 21 heavy (non-hydrogen) atoms. The lowest BCUT2D eigenvalue weighted by atomic mass is 9.91. The molecule has 7 heteroatoms. The number of nitrogens with one attached hydrogen (secondary N) is 1. The van der Waals surface area contributed by atoms with Crippen LogP contribution in [-0.2, 0) is 9.59 Å². The second kappa shape index (κ2) is 6.36. The van der Waals surface area contributed by atoms with Crippen LogP contribution in [0.2, 0.25) is 0 Å². The lowest BCUT2D eigenvalue weighted by Gasteiger charge is -2.42. The molecule has 0 aromatic rings. The molecule has 6 nitrogen and oxygen atoms in total. The molecule has 114 valence electrons. The maximum Gasteiger partial charge on any atom is 0.353 e. The van der Waals surface area contributed by atoms with Crippen LogP contribution in [0, 0.1) is 0 Å². The van der Waals surface area contributed by atoms with Gasteiger partial charge in [0.15, 0.2) is 0 Å². The zero-order valence-corrected chi connectivity index (χ0v) is 12.7. The highest BCUT2D eigenvalue weighted by Crippen LogP contribution is 2.45. The minimum Gasteiger partial charge on any atom is -0.477 e. The first-order chi connectivity index (χ1) is 9.95. The van der Waals surface area contributed by atoms with Crippen molar-refractivity contribution >= 4 is 23.6 Å². The standard InChI is InChI=1S/C14H18N2O4S/c1-8(7-17)10-6-16-11(10)5-12(13(16)14(19)20)21-4-3-15-9(2)18/h3-4,11,17H,5-7H2,1-2H3,(H,15,18)(H,19,20). The number of carboxylic acid groups (broad SMARTS) is 1. The summed E-state index contributed by atoms with van der Waals surface area (Å²) >= 11 is 1.31. The topological polar surface area (TPSA) is 89.9 Å². The Morgan fingerprint density at radius 2 is 2.19 bits per heavy atom. The van der Waals surface area contributed by atoms with Crippen molar-refractivity contribution in [1.82, 2.24) is 10.2 Å². The van der Waals surface area contributed by atoms with E-state index in [0.29, 0.717) is 18.7 Å². The average molecular weight is 310 g/mol. The van der Waals surface area contributed by atoms with Crippen LogP contribution in [0.3, 0.4) is 0 Å². The predicted molar refractivity (Wildman–Crippen MR) is 80.1 cm³/mol. The van der Waals surface area contributed by atoms with Crippen molar-refractivity contribution in [2.45, 2.75) is 26.3 Å². The molecule has 1 fully saturated rings. The van der Waals surface area contributed by atoms with Gasteiger partial charge in [-0.25, -0.2) is 4.79 Å². The Hall–Kier alpha value is -1.73. The summed E-state index contributed by atoms with van der Waals surface area (Å²) < 4.78 is 0. The lowest BCUT2D eigenvalue weighted by molar-refractivity contribution is -0.134. The smallest absolute Gasteiger partial charge is 0.353 e. The van der Waals surface area contributed by atoms with Crippen molar-refractivity contribution in [3.8, 4) is 0 Å². The van der Waals surface area contributed by atoms with Gasteiger partial charge in [0.1, 0.15) is 5.70 Å². The average Bonchev–Trinajstić information content (AvgIpc) is 2.68. The molecule has 0 aliphatic carbocycles. The van der Waals surface area contributed by atoms with Gasteiger partial charge in [0, 0.05) is 31.0 Å². The van der Waals surface area contributed by atoms with Crippen LogP contribution in [0.1, 0.15) is 20.3 Å². The Bertz CT molecular complexity index is 565. The molecule has 1 saturated heterocycles. The van der Waals surface area contributed by atoms with Gasteiger partial charge in [0.2, 0.25) is 5.91 Å². The van der Waals surface area contributed by atoms with Crippen molar-refractivity contribution in [3.05, 3.63) is 33.4 Å². The number of carbonyl (C=O) groups is 2. The Balaban J connectivity index is 2.10. The molecule has 1 amide bonds. The van der Waals surface area contributed by atoms with Crippen molar-refractivity contribution in [3.63, 3.8) is 0 Å². The van der Waals surface area contributed by atoms with Crippen LogP contribution < -0.4 is 5.32 Å². The van der Waals surface area contributed by atoms with Gasteiger partial charge in [-0.1, -0.05) is 11.8 Å². The molecule has 1 atom stereocenters. The molecule has 0 spiro atoms. The number of hydrogen-bond acceptors (Lipinski definition) is 5. The zero-order chi connectivity index (χ0) is 15.6. The molecule has 2 aliphatic heterocycles. The van der Waals surface area contributed by atoms with Gasteiger partial charge >= 0.3 is 5.97 Å². The zero-order valence-electron chi connectivity index (χ0n) is 11.9. The third kappa shape index (κ3) is 3.14. The molecule has 2 heterocycles.